The highest BCUT2D eigenvalue weighted by Crippen LogP contribution is 2.30. The molecule has 1 N–H and O–H groups in total. The molecule has 1 saturated heterocycles. The lowest BCUT2D eigenvalue weighted by Gasteiger charge is -2.26. The number of nitrogens with one attached hydrogen (secondary N) is 1. The maximum Gasteiger partial charge on any atom is 0.333 e. The smallest absolute Gasteiger partial charge is 0.333 e. The molecule has 8 nitrogen and oxygen atoms in total. The lowest BCUT2D eigenvalue weighted by atomic mass is 10.2. The molecule has 2 aromatic rings. The fourth-order valence-electron chi connectivity index (χ4n) is 3.35. The molecule has 0 bridgehead atoms. The number of anilines is 1. The number of aryl methyl sites for hydroxylation is 3. The Morgan fingerprint density at radius 3 is 2.67 bits per heavy atom. The second-order valence-corrected chi connectivity index (χ2v) is 6.25. The van der Waals surface area contributed by atoms with E-state index in [-0.39, 0.29) is 16.7 Å². The molecule has 0 amide bonds. The lowest BCUT2D eigenvalue weighted by Crippen LogP contribution is -2.31. The number of rotatable bonds is 6. The minimum Gasteiger partial charge on any atom is -0.465 e. The average molecular weight is 333 g/mol. The van der Waals surface area contributed by atoms with Gasteiger partial charge in [-0.25, -0.2) is 4.68 Å². The summed E-state index contributed by atoms with van der Waals surface area (Å²) in [4.78, 5) is 13.3. The van der Waals surface area contributed by atoms with Gasteiger partial charge in [0.25, 0.3) is 0 Å². The maximum atomic E-state index is 11.3. The van der Waals surface area contributed by atoms with Crippen LogP contribution < -0.4 is 5.32 Å². The van der Waals surface area contributed by atoms with Gasteiger partial charge in [-0.1, -0.05) is 0 Å². The van der Waals surface area contributed by atoms with Crippen LogP contribution in [0.2, 0.25) is 0 Å². The van der Waals surface area contributed by atoms with Gasteiger partial charge in [-0.15, -0.1) is 0 Å². The maximum absolute atomic E-state index is 11.3. The van der Waals surface area contributed by atoms with Crippen LogP contribution in [0, 0.1) is 24.0 Å². The van der Waals surface area contributed by atoms with E-state index in [2.05, 4.69) is 15.3 Å². The van der Waals surface area contributed by atoms with E-state index in [1.54, 1.807) is 14.0 Å². The zero-order chi connectivity index (χ0) is 17.3. The van der Waals surface area contributed by atoms with E-state index in [1.165, 1.54) is 17.5 Å². The Kier molecular flexibility index (Phi) is 4.57. The molecule has 24 heavy (non-hydrogen) atoms. The zero-order valence-corrected chi connectivity index (χ0v) is 14.3. The number of nitrogens with zero attached hydrogens (tertiary/aromatic N) is 4. The van der Waals surface area contributed by atoms with Gasteiger partial charge in [0.1, 0.15) is 17.2 Å². The Morgan fingerprint density at radius 2 is 2.08 bits per heavy atom. The van der Waals surface area contributed by atoms with Crippen molar-refractivity contribution in [2.75, 3.05) is 25.0 Å². The van der Waals surface area contributed by atoms with Crippen molar-refractivity contribution in [2.24, 2.45) is 7.05 Å². The quantitative estimate of drug-likeness (QED) is 0.646. The highest BCUT2D eigenvalue weighted by molar-refractivity contribution is 5.59. The van der Waals surface area contributed by atoms with Gasteiger partial charge in [0.2, 0.25) is 5.82 Å². The van der Waals surface area contributed by atoms with E-state index >= 15 is 0 Å². The summed E-state index contributed by atoms with van der Waals surface area (Å²) in [6.07, 6.45) is 2.34. The summed E-state index contributed by atoms with van der Waals surface area (Å²) < 4.78 is 7.35. The number of furan rings is 1. The van der Waals surface area contributed by atoms with Crippen LogP contribution in [0.4, 0.5) is 11.5 Å². The number of hydrogen-bond donors (Lipinski definition) is 1. The monoisotopic (exact) mass is 333 g/mol. The lowest BCUT2D eigenvalue weighted by molar-refractivity contribution is -0.384. The minimum atomic E-state index is -0.382. The van der Waals surface area contributed by atoms with Gasteiger partial charge < -0.3 is 9.73 Å². The van der Waals surface area contributed by atoms with E-state index in [1.807, 2.05) is 19.1 Å². The molecule has 3 rings (SSSR count). The second-order valence-electron chi connectivity index (χ2n) is 6.25. The molecule has 130 valence electrons. The molecule has 0 saturated carbocycles. The summed E-state index contributed by atoms with van der Waals surface area (Å²) in [7, 11) is 1.71. The third-order valence-corrected chi connectivity index (χ3v) is 4.51. The molecule has 1 aliphatic heterocycles. The first-order chi connectivity index (χ1) is 11.5. The van der Waals surface area contributed by atoms with Crippen LogP contribution in [-0.4, -0.2) is 39.2 Å². The first-order valence-electron chi connectivity index (χ1n) is 8.19. The molecule has 1 atom stereocenters. The van der Waals surface area contributed by atoms with E-state index < -0.39 is 0 Å². The molecule has 0 aliphatic carbocycles. The summed E-state index contributed by atoms with van der Waals surface area (Å²) in [6.45, 7) is 6.13. The van der Waals surface area contributed by atoms with Crippen LogP contribution in [0.5, 0.6) is 0 Å². The van der Waals surface area contributed by atoms with Gasteiger partial charge in [-0.05, 0) is 51.9 Å². The van der Waals surface area contributed by atoms with E-state index in [4.69, 9.17) is 4.42 Å². The predicted octanol–water partition coefficient (Wildman–Crippen LogP) is 2.79. The number of nitro groups is 1. The normalized spacial score (nSPS) is 16.5. The Bertz CT molecular complexity index is 730. The summed E-state index contributed by atoms with van der Waals surface area (Å²) in [6, 6.07) is 3.99. The molecule has 0 radical (unpaired) electrons. The first-order valence-corrected chi connectivity index (χ1v) is 8.19. The summed E-state index contributed by atoms with van der Waals surface area (Å²) in [5, 5.41) is 18.7. The fourth-order valence-corrected chi connectivity index (χ4v) is 3.35. The van der Waals surface area contributed by atoms with Crippen molar-refractivity contribution in [3.63, 3.8) is 0 Å². The highest BCUT2D eigenvalue weighted by Gasteiger charge is 2.29. The third kappa shape index (κ3) is 3.14. The van der Waals surface area contributed by atoms with E-state index in [0.717, 1.165) is 24.6 Å². The minimum absolute atomic E-state index is 0.0355. The predicted molar refractivity (Wildman–Crippen MR) is 90.1 cm³/mol. The molecular formula is C16H23N5O3. The van der Waals surface area contributed by atoms with Crippen molar-refractivity contribution in [1.82, 2.24) is 14.7 Å². The molecule has 0 aromatic carbocycles. The van der Waals surface area contributed by atoms with E-state index in [0.29, 0.717) is 18.1 Å². The number of hydrogen-bond acceptors (Lipinski definition) is 6. The molecule has 2 aromatic heterocycles. The Balaban J connectivity index is 1.83. The number of likely N-dealkylation sites (tertiary alicyclic amines) is 1. The van der Waals surface area contributed by atoms with Crippen molar-refractivity contribution < 1.29 is 9.34 Å². The van der Waals surface area contributed by atoms with Gasteiger partial charge in [-0.3, -0.25) is 15.0 Å². The Labute approximate surface area is 140 Å². The van der Waals surface area contributed by atoms with Crippen molar-refractivity contribution in [3.05, 3.63) is 39.5 Å². The topological polar surface area (TPSA) is 89.4 Å². The third-order valence-electron chi connectivity index (χ3n) is 4.51. The molecule has 8 heteroatoms. The van der Waals surface area contributed by atoms with Gasteiger partial charge >= 0.3 is 5.69 Å². The highest BCUT2D eigenvalue weighted by atomic mass is 16.6. The van der Waals surface area contributed by atoms with Crippen molar-refractivity contribution >= 4 is 11.5 Å². The molecular weight excluding hydrogens is 310 g/mol. The largest absolute Gasteiger partial charge is 0.465 e. The molecule has 1 fully saturated rings. The van der Waals surface area contributed by atoms with Crippen LogP contribution >= 0.6 is 0 Å². The van der Waals surface area contributed by atoms with Gasteiger partial charge in [0.15, 0.2) is 0 Å². The van der Waals surface area contributed by atoms with Crippen LogP contribution in [0.1, 0.15) is 36.1 Å². The first kappa shape index (κ1) is 16.5. The van der Waals surface area contributed by atoms with Crippen LogP contribution in [0.25, 0.3) is 0 Å². The van der Waals surface area contributed by atoms with Gasteiger partial charge in [0, 0.05) is 13.6 Å². The standard InChI is InChI=1S/C16H23N5O3/c1-11-6-7-14(24-11)13(20-8-4-5-9-20)10-17-16-15(21(22)23)12(2)18-19(16)3/h6-7,13,17H,4-5,8-10H2,1-3H3. The van der Waals surface area contributed by atoms with E-state index in [9.17, 15) is 10.1 Å². The van der Waals surface area contributed by atoms with Crippen LogP contribution in [0.3, 0.4) is 0 Å². The molecule has 1 unspecified atom stereocenters. The molecule has 0 spiro atoms. The molecule has 3 heterocycles. The summed E-state index contributed by atoms with van der Waals surface area (Å²) in [5.74, 6) is 2.20. The van der Waals surface area contributed by atoms with Crippen molar-refractivity contribution in [3.8, 4) is 0 Å². The number of aromatic nitrogens is 2. The summed E-state index contributed by atoms with van der Waals surface area (Å²) in [5.41, 5.74) is 0.449. The molecule has 1 aliphatic rings. The second kappa shape index (κ2) is 6.64. The van der Waals surface area contributed by atoms with Crippen LogP contribution in [-0.2, 0) is 7.05 Å². The SMILES string of the molecule is Cc1ccc(C(CNc2c([N+](=O)[O-])c(C)nn2C)N2CCCC2)o1. The van der Waals surface area contributed by atoms with Gasteiger partial charge in [0.05, 0.1) is 11.0 Å². The van der Waals surface area contributed by atoms with Crippen molar-refractivity contribution in [2.45, 2.75) is 32.7 Å². The zero-order valence-electron chi connectivity index (χ0n) is 14.3. The average Bonchev–Trinajstić information content (AvgIpc) is 3.22. The Morgan fingerprint density at radius 1 is 1.38 bits per heavy atom. The summed E-state index contributed by atoms with van der Waals surface area (Å²) >= 11 is 0. The van der Waals surface area contributed by atoms with Crippen molar-refractivity contribution in [1.29, 1.82) is 0 Å². The van der Waals surface area contributed by atoms with Gasteiger partial charge in [-0.2, -0.15) is 5.10 Å². The fraction of sp³-hybridized carbons (Fsp3) is 0.562. The Hall–Kier alpha value is -2.35. The van der Waals surface area contributed by atoms with Crippen LogP contribution in [0.15, 0.2) is 16.5 Å².